The maximum Gasteiger partial charge on any atom is 0.359 e. The molecule has 0 N–H and O–H groups in total. The molecule has 0 radical (unpaired) electrons. The predicted molar refractivity (Wildman–Crippen MR) is 125 cm³/mol. The van der Waals surface area contributed by atoms with E-state index in [-0.39, 0.29) is 24.3 Å². The lowest BCUT2D eigenvalue weighted by Crippen LogP contribution is -2.32. The number of likely N-dealkylation sites (N-methyl/N-ethyl adjacent to an activating group) is 1. The van der Waals surface area contributed by atoms with Crippen LogP contribution in [0.3, 0.4) is 0 Å². The third-order valence-electron chi connectivity index (χ3n) is 5.30. The van der Waals surface area contributed by atoms with Gasteiger partial charge in [0.05, 0.1) is 11.9 Å². The van der Waals surface area contributed by atoms with Crippen LogP contribution in [0, 0.1) is 5.82 Å². The highest BCUT2D eigenvalue weighted by molar-refractivity contribution is 6.02. The number of carbonyl (C=O) groups is 2. The fourth-order valence-electron chi connectivity index (χ4n) is 3.55. The standard InChI is InChI=1S/C26H22FN3O4/c1-29(15-19-10-7-11-20(27)14-19)23(31)17-34-26(33)24-21-12-5-6-13-22(21)25(32)30(28-24)16-18-8-3-2-4-9-18/h2-14H,15-17H2,1H3. The number of esters is 1. The van der Waals surface area contributed by atoms with E-state index in [4.69, 9.17) is 4.74 Å². The summed E-state index contributed by atoms with van der Waals surface area (Å²) in [4.78, 5) is 39.6. The molecule has 1 amide bonds. The molecule has 172 valence electrons. The Bertz CT molecular complexity index is 1400. The van der Waals surface area contributed by atoms with Crippen molar-refractivity contribution < 1.29 is 18.7 Å². The molecule has 34 heavy (non-hydrogen) atoms. The summed E-state index contributed by atoms with van der Waals surface area (Å²) in [5.41, 5.74) is 1.08. The van der Waals surface area contributed by atoms with Crippen molar-refractivity contribution in [2.75, 3.05) is 13.7 Å². The number of fused-ring (bicyclic) bond motifs is 1. The molecule has 0 bridgehead atoms. The molecular weight excluding hydrogens is 437 g/mol. The summed E-state index contributed by atoms with van der Waals surface area (Å²) in [5, 5.41) is 4.94. The first-order valence-electron chi connectivity index (χ1n) is 10.6. The number of benzene rings is 3. The van der Waals surface area contributed by atoms with Gasteiger partial charge in [-0.3, -0.25) is 9.59 Å². The van der Waals surface area contributed by atoms with Gasteiger partial charge in [0.1, 0.15) is 5.82 Å². The average Bonchev–Trinajstić information content (AvgIpc) is 2.84. The van der Waals surface area contributed by atoms with Gasteiger partial charge in [-0.1, -0.05) is 60.7 Å². The molecule has 1 heterocycles. The zero-order chi connectivity index (χ0) is 24.1. The average molecular weight is 459 g/mol. The van der Waals surface area contributed by atoms with E-state index in [1.54, 1.807) is 36.4 Å². The van der Waals surface area contributed by atoms with Gasteiger partial charge >= 0.3 is 5.97 Å². The summed E-state index contributed by atoms with van der Waals surface area (Å²) < 4.78 is 19.8. The number of nitrogens with zero attached hydrogens (tertiary/aromatic N) is 3. The number of rotatable bonds is 7. The van der Waals surface area contributed by atoms with Crippen molar-refractivity contribution in [2.45, 2.75) is 13.1 Å². The van der Waals surface area contributed by atoms with E-state index in [0.717, 1.165) is 5.56 Å². The third-order valence-corrected chi connectivity index (χ3v) is 5.30. The largest absolute Gasteiger partial charge is 0.451 e. The van der Waals surface area contributed by atoms with Crippen LogP contribution in [0.5, 0.6) is 0 Å². The maximum atomic E-state index is 13.4. The second-order valence-electron chi connectivity index (χ2n) is 7.80. The van der Waals surface area contributed by atoms with Gasteiger partial charge in [-0.2, -0.15) is 5.10 Å². The topological polar surface area (TPSA) is 81.5 Å². The number of carbonyl (C=O) groups excluding carboxylic acids is 2. The number of halogens is 1. The summed E-state index contributed by atoms with van der Waals surface area (Å²) in [6, 6.07) is 21.8. The van der Waals surface area contributed by atoms with E-state index in [0.29, 0.717) is 16.3 Å². The molecule has 0 saturated carbocycles. The number of hydrogen-bond acceptors (Lipinski definition) is 5. The van der Waals surface area contributed by atoms with Crippen molar-refractivity contribution in [2.24, 2.45) is 0 Å². The minimum Gasteiger partial charge on any atom is -0.451 e. The Balaban J connectivity index is 1.53. The van der Waals surface area contributed by atoms with Gasteiger partial charge in [-0.15, -0.1) is 0 Å². The van der Waals surface area contributed by atoms with E-state index in [2.05, 4.69) is 5.10 Å². The van der Waals surface area contributed by atoms with E-state index < -0.39 is 24.3 Å². The molecule has 0 atom stereocenters. The number of aromatic nitrogens is 2. The summed E-state index contributed by atoms with van der Waals surface area (Å²) in [6.07, 6.45) is 0. The van der Waals surface area contributed by atoms with Crippen molar-refractivity contribution >= 4 is 22.6 Å². The highest BCUT2D eigenvalue weighted by atomic mass is 19.1. The summed E-state index contributed by atoms with van der Waals surface area (Å²) in [6.45, 7) is -0.171. The van der Waals surface area contributed by atoms with Crippen molar-refractivity contribution in [3.63, 3.8) is 0 Å². The predicted octanol–water partition coefficient (Wildman–Crippen LogP) is 3.40. The zero-order valence-corrected chi connectivity index (χ0v) is 18.5. The van der Waals surface area contributed by atoms with Gasteiger partial charge in [-0.25, -0.2) is 13.9 Å². The minimum absolute atomic E-state index is 0.0493. The van der Waals surface area contributed by atoms with Crippen LogP contribution in [-0.2, 0) is 22.6 Å². The van der Waals surface area contributed by atoms with Gasteiger partial charge in [0.2, 0.25) is 0 Å². The Morgan fingerprint density at radius 1 is 0.941 bits per heavy atom. The Hall–Kier alpha value is -4.33. The number of hydrogen-bond donors (Lipinski definition) is 0. The van der Waals surface area contributed by atoms with Crippen LogP contribution in [0.4, 0.5) is 4.39 Å². The summed E-state index contributed by atoms with van der Waals surface area (Å²) in [5.74, 6) is -1.67. The fraction of sp³-hybridized carbons (Fsp3) is 0.154. The Morgan fingerprint density at radius 2 is 1.62 bits per heavy atom. The molecule has 0 unspecified atom stereocenters. The normalized spacial score (nSPS) is 10.8. The second kappa shape index (κ2) is 10.1. The summed E-state index contributed by atoms with van der Waals surface area (Å²) >= 11 is 0. The van der Waals surface area contributed by atoms with Gasteiger partial charge in [-0.05, 0) is 29.3 Å². The monoisotopic (exact) mass is 459 g/mol. The lowest BCUT2D eigenvalue weighted by Gasteiger charge is -2.17. The van der Waals surface area contributed by atoms with Crippen molar-refractivity contribution in [3.8, 4) is 0 Å². The van der Waals surface area contributed by atoms with E-state index in [1.165, 1.54) is 28.8 Å². The van der Waals surface area contributed by atoms with Crippen LogP contribution >= 0.6 is 0 Å². The number of ether oxygens (including phenoxy) is 1. The Kier molecular flexibility index (Phi) is 6.77. The molecule has 1 aromatic heterocycles. The van der Waals surface area contributed by atoms with E-state index in [9.17, 15) is 18.8 Å². The molecule has 4 aromatic rings. The van der Waals surface area contributed by atoms with Crippen LogP contribution in [0.15, 0.2) is 83.7 Å². The molecule has 0 spiro atoms. The first-order chi connectivity index (χ1) is 16.4. The molecule has 7 nitrogen and oxygen atoms in total. The zero-order valence-electron chi connectivity index (χ0n) is 18.5. The fourth-order valence-corrected chi connectivity index (χ4v) is 3.55. The molecule has 4 rings (SSSR count). The molecule has 0 aliphatic rings. The van der Waals surface area contributed by atoms with Gasteiger partial charge in [0.15, 0.2) is 12.3 Å². The maximum absolute atomic E-state index is 13.4. The Labute approximate surface area is 195 Å². The van der Waals surface area contributed by atoms with E-state index in [1.807, 2.05) is 30.3 Å². The van der Waals surface area contributed by atoms with Crippen molar-refractivity contribution in [1.82, 2.24) is 14.7 Å². The van der Waals surface area contributed by atoms with Crippen molar-refractivity contribution in [1.29, 1.82) is 0 Å². The molecule has 0 fully saturated rings. The van der Waals surface area contributed by atoms with Gasteiger partial charge in [0.25, 0.3) is 11.5 Å². The minimum atomic E-state index is -0.814. The quantitative estimate of drug-likeness (QED) is 0.396. The molecular formula is C26H22FN3O4. The van der Waals surface area contributed by atoms with Crippen LogP contribution in [0.2, 0.25) is 0 Å². The van der Waals surface area contributed by atoms with Crippen molar-refractivity contribution in [3.05, 3.63) is 112 Å². The van der Waals surface area contributed by atoms with Crippen LogP contribution < -0.4 is 5.56 Å². The molecule has 0 aliphatic carbocycles. The van der Waals surface area contributed by atoms with Crippen LogP contribution in [0.1, 0.15) is 21.6 Å². The molecule has 8 heteroatoms. The summed E-state index contributed by atoms with van der Waals surface area (Å²) in [7, 11) is 1.54. The molecule has 3 aromatic carbocycles. The third kappa shape index (κ3) is 5.17. The lowest BCUT2D eigenvalue weighted by molar-refractivity contribution is -0.133. The highest BCUT2D eigenvalue weighted by Gasteiger charge is 2.20. The van der Waals surface area contributed by atoms with Crippen LogP contribution in [0.25, 0.3) is 10.8 Å². The second-order valence-corrected chi connectivity index (χ2v) is 7.80. The highest BCUT2D eigenvalue weighted by Crippen LogP contribution is 2.15. The Morgan fingerprint density at radius 3 is 2.35 bits per heavy atom. The molecule has 0 aliphatic heterocycles. The lowest BCUT2D eigenvalue weighted by atomic mass is 10.1. The van der Waals surface area contributed by atoms with Gasteiger partial charge < -0.3 is 9.64 Å². The van der Waals surface area contributed by atoms with Crippen LogP contribution in [-0.4, -0.2) is 40.2 Å². The van der Waals surface area contributed by atoms with Gasteiger partial charge in [0, 0.05) is 19.0 Å². The molecule has 0 saturated heterocycles. The number of amides is 1. The SMILES string of the molecule is CN(Cc1cccc(F)c1)C(=O)COC(=O)c1nn(Cc2ccccc2)c(=O)c2ccccc12. The smallest absolute Gasteiger partial charge is 0.359 e. The van der Waals surface area contributed by atoms with E-state index >= 15 is 0 Å². The first-order valence-corrected chi connectivity index (χ1v) is 10.6. The first kappa shape index (κ1) is 22.8.